The van der Waals surface area contributed by atoms with Crippen molar-refractivity contribution in [1.82, 2.24) is 0 Å². The molecular formula is C32H24O2. The molecule has 1 fully saturated rings. The fourth-order valence-electron chi connectivity index (χ4n) is 7.50. The van der Waals surface area contributed by atoms with Crippen LogP contribution in [-0.4, -0.2) is 11.6 Å². The largest absolute Gasteiger partial charge is 0.294 e. The van der Waals surface area contributed by atoms with Gasteiger partial charge in [-0.1, -0.05) is 109 Å². The Morgan fingerprint density at radius 3 is 1.74 bits per heavy atom. The lowest BCUT2D eigenvalue weighted by atomic mass is 9.62. The molecule has 1 spiro atoms. The van der Waals surface area contributed by atoms with Crippen LogP contribution in [0.3, 0.4) is 0 Å². The van der Waals surface area contributed by atoms with Gasteiger partial charge in [0.1, 0.15) is 0 Å². The molecule has 0 bridgehead atoms. The van der Waals surface area contributed by atoms with E-state index in [1.807, 2.05) is 60.7 Å². The Bertz CT molecular complexity index is 1440. The number of hydrogen-bond donors (Lipinski definition) is 0. The van der Waals surface area contributed by atoms with Gasteiger partial charge in [-0.2, -0.15) is 0 Å². The second-order valence-electron chi connectivity index (χ2n) is 9.98. The molecule has 3 aliphatic carbocycles. The van der Waals surface area contributed by atoms with E-state index in [1.165, 1.54) is 0 Å². The van der Waals surface area contributed by atoms with Gasteiger partial charge in [-0.15, -0.1) is 0 Å². The van der Waals surface area contributed by atoms with Crippen molar-refractivity contribution in [2.75, 3.05) is 0 Å². The standard InChI is InChI=1S/C32H24O2/c33-30-25-18-10-9-17-24(25)26-27(30)29(21-13-5-2-6-14-21)32(28(26)20-11-3-1-4-12-20)19-22-15-7-8-16-23(22)31(32)34/h1-18,26-29H,19H2/t26-,27+,28-,29-,32-/m0/s1. The highest BCUT2D eigenvalue weighted by Crippen LogP contribution is 2.72. The zero-order valence-electron chi connectivity index (χ0n) is 18.7. The summed E-state index contributed by atoms with van der Waals surface area (Å²) in [6.45, 7) is 0. The molecule has 34 heavy (non-hydrogen) atoms. The lowest BCUT2D eigenvalue weighted by Gasteiger charge is -2.38. The molecule has 0 saturated heterocycles. The highest BCUT2D eigenvalue weighted by Gasteiger charge is 2.70. The molecule has 3 aliphatic rings. The summed E-state index contributed by atoms with van der Waals surface area (Å²) < 4.78 is 0. The number of hydrogen-bond acceptors (Lipinski definition) is 2. The first-order chi connectivity index (χ1) is 16.7. The van der Waals surface area contributed by atoms with Gasteiger partial charge in [0.25, 0.3) is 0 Å². The Kier molecular flexibility index (Phi) is 4.11. The molecule has 0 amide bonds. The van der Waals surface area contributed by atoms with Crippen LogP contribution < -0.4 is 0 Å². The van der Waals surface area contributed by atoms with Crippen molar-refractivity contribution in [2.45, 2.75) is 24.2 Å². The molecule has 0 heterocycles. The molecule has 1 saturated carbocycles. The van der Waals surface area contributed by atoms with Gasteiger partial charge in [-0.3, -0.25) is 9.59 Å². The van der Waals surface area contributed by atoms with E-state index in [0.717, 1.165) is 33.4 Å². The van der Waals surface area contributed by atoms with Crippen molar-refractivity contribution in [3.8, 4) is 0 Å². The van der Waals surface area contributed by atoms with Gasteiger partial charge in [0, 0.05) is 34.8 Å². The summed E-state index contributed by atoms with van der Waals surface area (Å²) in [4.78, 5) is 28.6. The van der Waals surface area contributed by atoms with Crippen molar-refractivity contribution < 1.29 is 9.59 Å². The van der Waals surface area contributed by atoms with E-state index in [2.05, 4.69) is 48.5 Å². The molecular weight excluding hydrogens is 416 g/mol. The maximum atomic E-state index is 14.5. The van der Waals surface area contributed by atoms with E-state index in [-0.39, 0.29) is 35.2 Å². The number of rotatable bonds is 2. The topological polar surface area (TPSA) is 34.1 Å². The third-order valence-electron chi connectivity index (χ3n) is 8.59. The maximum absolute atomic E-state index is 14.5. The van der Waals surface area contributed by atoms with E-state index in [1.54, 1.807) is 0 Å². The predicted octanol–water partition coefficient (Wildman–Crippen LogP) is 6.59. The lowest BCUT2D eigenvalue weighted by molar-refractivity contribution is 0.0745. The average molecular weight is 441 g/mol. The van der Waals surface area contributed by atoms with Crippen LogP contribution in [0.4, 0.5) is 0 Å². The highest BCUT2D eigenvalue weighted by molar-refractivity contribution is 6.10. The number of ketones is 2. The van der Waals surface area contributed by atoms with Crippen molar-refractivity contribution in [1.29, 1.82) is 0 Å². The van der Waals surface area contributed by atoms with Crippen molar-refractivity contribution >= 4 is 11.6 Å². The van der Waals surface area contributed by atoms with Crippen molar-refractivity contribution in [3.63, 3.8) is 0 Å². The van der Waals surface area contributed by atoms with E-state index in [0.29, 0.717) is 6.42 Å². The van der Waals surface area contributed by atoms with Gasteiger partial charge in [0.05, 0.1) is 5.41 Å². The second-order valence-corrected chi connectivity index (χ2v) is 9.98. The quantitative estimate of drug-likeness (QED) is 0.352. The maximum Gasteiger partial charge on any atom is 0.170 e. The summed E-state index contributed by atoms with van der Waals surface area (Å²) in [5.74, 6) is -0.126. The van der Waals surface area contributed by atoms with Gasteiger partial charge in [0.2, 0.25) is 0 Å². The van der Waals surface area contributed by atoms with Gasteiger partial charge in [-0.25, -0.2) is 0 Å². The molecule has 0 aliphatic heterocycles. The first-order valence-electron chi connectivity index (χ1n) is 12.1. The Morgan fingerprint density at radius 1 is 0.559 bits per heavy atom. The van der Waals surface area contributed by atoms with E-state index < -0.39 is 5.41 Å². The van der Waals surface area contributed by atoms with Crippen molar-refractivity contribution in [3.05, 3.63) is 143 Å². The minimum Gasteiger partial charge on any atom is -0.294 e. The third-order valence-corrected chi connectivity index (χ3v) is 8.59. The minimum atomic E-state index is -0.690. The monoisotopic (exact) mass is 440 g/mol. The first-order valence-corrected chi connectivity index (χ1v) is 12.1. The van der Waals surface area contributed by atoms with E-state index >= 15 is 0 Å². The number of fused-ring (bicyclic) bond motifs is 4. The van der Waals surface area contributed by atoms with Crippen LogP contribution in [0, 0.1) is 11.3 Å². The Hall–Kier alpha value is -3.78. The van der Waals surface area contributed by atoms with Crippen LogP contribution in [0.1, 0.15) is 60.7 Å². The summed E-state index contributed by atoms with van der Waals surface area (Å²) in [5, 5.41) is 0. The number of benzene rings is 4. The van der Waals surface area contributed by atoms with Crippen LogP contribution in [0.5, 0.6) is 0 Å². The minimum absolute atomic E-state index is 0.0189. The summed E-state index contributed by atoms with van der Waals surface area (Å²) in [6, 6.07) is 36.9. The summed E-state index contributed by atoms with van der Waals surface area (Å²) in [5.41, 5.74) is 5.43. The summed E-state index contributed by atoms with van der Waals surface area (Å²) >= 11 is 0. The zero-order chi connectivity index (χ0) is 22.9. The van der Waals surface area contributed by atoms with E-state index in [9.17, 15) is 9.59 Å². The third kappa shape index (κ3) is 2.41. The van der Waals surface area contributed by atoms with Crippen LogP contribution >= 0.6 is 0 Å². The second kappa shape index (κ2) is 7.11. The Labute approximate surface area is 199 Å². The van der Waals surface area contributed by atoms with Gasteiger partial charge in [-0.05, 0) is 28.7 Å². The molecule has 2 nitrogen and oxygen atoms in total. The van der Waals surface area contributed by atoms with Gasteiger partial charge >= 0.3 is 0 Å². The zero-order valence-corrected chi connectivity index (χ0v) is 18.7. The SMILES string of the molecule is O=C1c2ccccc2[C@H]2[C@@H]1[C@H](c1ccccc1)[C@]1(Cc3ccccc3C1=O)[C@H]2c1ccccc1. The predicted molar refractivity (Wildman–Crippen MR) is 132 cm³/mol. The van der Waals surface area contributed by atoms with Crippen LogP contribution in [0.2, 0.25) is 0 Å². The molecule has 0 aromatic heterocycles. The fraction of sp³-hybridized carbons (Fsp3) is 0.188. The normalized spacial score (nSPS) is 28.7. The van der Waals surface area contributed by atoms with Crippen molar-refractivity contribution in [2.24, 2.45) is 11.3 Å². The smallest absolute Gasteiger partial charge is 0.170 e. The number of carbonyl (C=O) groups is 2. The molecule has 0 radical (unpaired) electrons. The Balaban J connectivity index is 1.56. The average Bonchev–Trinajstić information content (AvgIpc) is 3.46. The lowest BCUT2D eigenvalue weighted by Crippen LogP contribution is -2.38. The summed E-state index contributed by atoms with van der Waals surface area (Å²) in [7, 11) is 0. The molecule has 0 unspecified atom stereocenters. The van der Waals surface area contributed by atoms with Crippen LogP contribution in [-0.2, 0) is 6.42 Å². The van der Waals surface area contributed by atoms with Gasteiger partial charge in [0.15, 0.2) is 11.6 Å². The molecule has 7 rings (SSSR count). The molecule has 5 atom stereocenters. The molecule has 4 aromatic carbocycles. The number of carbonyl (C=O) groups excluding carboxylic acids is 2. The van der Waals surface area contributed by atoms with Gasteiger partial charge < -0.3 is 0 Å². The molecule has 164 valence electrons. The molecule has 4 aromatic rings. The molecule has 0 N–H and O–H groups in total. The van der Waals surface area contributed by atoms with Crippen LogP contribution in [0.15, 0.2) is 109 Å². The first kappa shape index (κ1) is 19.7. The Morgan fingerprint density at radius 2 is 1.09 bits per heavy atom. The summed E-state index contributed by atoms with van der Waals surface area (Å²) in [6.07, 6.45) is 0.670. The molecule has 2 heteroatoms. The number of Topliss-reactive ketones (excluding diaryl/α,β-unsaturated/α-hetero) is 2. The van der Waals surface area contributed by atoms with Crippen LogP contribution in [0.25, 0.3) is 0 Å². The van der Waals surface area contributed by atoms with E-state index in [4.69, 9.17) is 0 Å². The highest BCUT2D eigenvalue weighted by atomic mass is 16.1. The fourth-order valence-corrected chi connectivity index (χ4v) is 7.50.